The van der Waals surface area contributed by atoms with Gasteiger partial charge in [-0.2, -0.15) is 0 Å². The number of aliphatic imine (C=N–C) groups is 1. The van der Waals surface area contributed by atoms with Gasteiger partial charge >= 0.3 is 0 Å². The first-order chi connectivity index (χ1) is 15.7. The molecule has 0 aromatic heterocycles. The molecule has 2 aromatic carbocycles. The molecule has 5 heteroatoms. The number of hydrogen-bond acceptors (Lipinski definition) is 4. The fourth-order valence-corrected chi connectivity index (χ4v) is 4.35. The Morgan fingerprint density at radius 2 is 1.88 bits per heavy atom. The lowest BCUT2D eigenvalue weighted by Crippen LogP contribution is -2.28. The molecule has 2 aromatic rings. The summed E-state index contributed by atoms with van der Waals surface area (Å²) in [4.78, 5) is 28.9. The van der Waals surface area contributed by atoms with Crippen LogP contribution in [0.2, 0.25) is 0 Å². The number of carbonyl (C=O) groups is 2. The lowest BCUT2D eigenvalue weighted by Gasteiger charge is -2.25. The summed E-state index contributed by atoms with van der Waals surface area (Å²) in [5.41, 5.74) is 4.49. The summed E-state index contributed by atoms with van der Waals surface area (Å²) in [6.07, 6.45) is 6.31. The zero-order valence-electron chi connectivity index (χ0n) is 19.9. The molecule has 0 saturated carbocycles. The lowest BCUT2D eigenvalue weighted by atomic mass is 9.83. The van der Waals surface area contributed by atoms with Crippen molar-refractivity contribution >= 4 is 23.6 Å². The van der Waals surface area contributed by atoms with E-state index in [-0.39, 0.29) is 29.1 Å². The number of ketones is 1. The van der Waals surface area contributed by atoms with E-state index in [1.165, 1.54) is 11.1 Å². The van der Waals surface area contributed by atoms with Crippen LogP contribution in [0.5, 0.6) is 5.75 Å². The average Bonchev–Trinajstić information content (AvgIpc) is 2.78. The van der Waals surface area contributed by atoms with Crippen molar-refractivity contribution < 1.29 is 14.3 Å². The van der Waals surface area contributed by atoms with Gasteiger partial charge in [0.25, 0.3) is 0 Å². The smallest absolute Gasteiger partial charge is 0.227 e. The van der Waals surface area contributed by atoms with Crippen molar-refractivity contribution in [3.05, 3.63) is 71.0 Å². The third-order valence-corrected chi connectivity index (χ3v) is 6.41. The average molecular weight is 445 g/mol. The summed E-state index contributed by atoms with van der Waals surface area (Å²) in [6.45, 7) is 8.06. The Balaban J connectivity index is 1.43. The second kappa shape index (κ2) is 9.34. The van der Waals surface area contributed by atoms with Crippen LogP contribution in [0.3, 0.4) is 0 Å². The van der Waals surface area contributed by atoms with E-state index < -0.39 is 0 Å². The summed E-state index contributed by atoms with van der Waals surface area (Å²) >= 11 is 0. The Hall–Kier alpha value is -3.21. The maximum absolute atomic E-state index is 13.0. The van der Waals surface area contributed by atoms with Gasteiger partial charge in [0.2, 0.25) is 5.91 Å². The summed E-state index contributed by atoms with van der Waals surface area (Å²) in [6, 6.07) is 13.8. The molecular weight excluding hydrogens is 412 g/mol. The van der Waals surface area contributed by atoms with Crippen LogP contribution >= 0.6 is 0 Å². The lowest BCUT2D eigenvalue weighted by molar-refractivity contribution is -0.120. The molecule has 1 aliphatic carbocycles. The number of benzene rings is 2. The van der Waals surface area contributed by atoms with Gasteiger partial charge in [0, 0.05) is 24.2 Å². The zero-order valence-corrected chi connectivity index (χ0v) is 19.9. The maximum Gasteiger partial charge on any atom is 0.227 e. The number of nitrogens with one attached hydrogen (secondary N) is 1. The zero-order chi connectivity index (χ0) is 23.6. The van der Waals surface area contributed by atoms with Crippen molar-refractivity contribution in [2.45, 2.75) is 64.8 Å². The molecule has 172 valence electrons. The Bertz CT molecular complexity index is 1120. The van der Waals surface area contributed by atoms with Crippen LogP contribution in [0.15, 0.2) is 59.3 Å². The number of amides is 1. The third kappa shape index (κ3) is 5.59. The minimum Gasteiger partial charge on any atom is -0.462 e. The van der Waals surface area contributed by atoms with Gasteiger partial charge in [-0.3, -0.25) is 14.6 Å². The molecule has 0 saturated heterocycles. The predicted molar refractivity (Wildman–Crippen MR) is 132 cm³/mol. The van der Waals surface area contributed by atoms with Crippen LogP contribution in [0.1, 0.15) is 57.2 Å². The van der Waals surface area contributed by atoms with Crippen LogP contribution in [-0.4, -0.2) is 23.9 Å². The molecule has 5 nitrogen and oxygen atoms in total. The largest absolute Gasteiger partial charge is 0.462 e. The normalized spacial score (nSPS) is 19.9. The van der Waals surface area contributed by atoms with Gasteiger partial charge in [0.05, 0.1) is 0 Å². The topological polar surface area (TPSA) is 67.8 Å². The number of carbonyl (C=O) groups excluding carboxylic acids is 2. The Morgan fingerprint density at radius 1 is 1.06 bits per heavy atom. The number of rotatable bonds is 5. The van der Waals surface area contributed by atoms with E-state index in [0.29, 0.717) is 12.8 Å². The van der Waals surface area contributed by atoms with E-state index >= 15 is 0 Å². The number of anilines is 1. The van der Waals surface area contributed by atoms with Crippen LogP contribution < -0.4 is 10.1 Å². The molecule has 0 spiro atoms. The monoisotopic (exact) mass is 444 g/mol. The van der Waals surface area contributed by atoms with Gasteiger partial charge in [-0.25, -0.2) is 0 Å². The molecule has 2 atom stereocenters. The van der Waals surface area contributed by atoms with E-state index in [1.54, 1.807) is 19.2 Å². The highest BCUT2D eigenvalue weighted by Crippen LogP contribution is 2.31. The minimum absolute atomic E-state index is 0.0327. The number of dihydropyridines is 1. The number of fused-ring (bicyclic) bond motifs is 1. The summed E-state index contributed by atoms with van der Waals surface area (Å²) in [5, 5.41) is 3.12. The van der Waals surface area contributed by atoms with Crippen molar-refractivity contribution in [3.63, 3.8) is 0 Å². The first-order valence-corrected chi connectivity index (χ1v) is 11.6. The molecule has 1 aliphatic heterocycles. The second-order valence-corrected chi connectivity index (χ2v) is 10.1. The van der Waals surface area contributed by atoms with Crippen LogP contribution in [0.4, 0.5) is 5.69 Å². The predicted octanol–water partition coefficient (Wildman–Crippen LogP) is 5.42. The van der Waals surface area contributed by atoms with Crippen molar-refractivity contribution in [2.75, 3.05) is 5.32 Å². The van der Waals surface area contributed by atoms with E-state index in [0.717, 1.165) is 35.6 Å². The van der Waals surface area contributed by atoms with Gasteiger partial charge in [-0.05, 0) is 78.6 Å². The number of allylic oxidation sites excluding steroid dienone is 1. The highest BCUT2D eigenvalue weighted by molar-refractivity contribution is 5.93. The first kappa shape index (κ1) is 23.0. The molecule has 2 unspecified atom stereocenters. The number of ether oxygens (including phenoxy) is 1. The molecule has 1 amide bonds. The number of aryl methyl sites for hydroxylation is 1. The molecule has 33 heavy (non-hydrogen) atoms. The van der Waals surface area contributed by atoms with Crippen molar-refractivity contribution in [1.82, 2.24) is 0 Å². The fourth-order valence-electron chi connectivity index (χ4n) is 4.35. The second-order valence-electron chi connectivity index (χ2n) is 10.1. The fraction of sp³-hybridized carbons (Fsp3) is 0.393. The standard InChI is InChI=1S/C28H32N2O3/c1-18(31)26-17-25(12-13-29-26)33-24-11-10-19-8-9-20(14-21(19)15-24)27(32)30-23-7-5-6-22(16-23)28(2,3)4/h5-7,10-13,15-16,20,26H,8-9,14,17H2,1-4H3,(H,30,32). The van der Waals surface area contributed by atoms with Crippen LogP contribution in [0, 0.1) is 5.92 Å². The van der Waals surface area contributed by atoms with Gasteiger partial charge in [0.15, 0.2) is 5.78 Å². The third-order valence-electron chi connectivity index (χ3n) is 6.41. The SMILES string of the molecule is CC(=O)C1CC(Oc2ccc3c(c2)CC(C(=O)Nc2cccc(C(C)(C)C)c2)CC3)=CC=N1. The van der Waals surface area contributed by atoms with Crippen LogP contribution in [0.25, 0.3) is 0 Å². The summed E-state index contributed by atoms with van der Waals surface area (Å²) in [5.74, 6) is 1.49. The van der Waals surface area contributed by atoms with E-state index in [2.05, 4.69) is 49.3 Å². The molecule has 4 rings (SSSR count). The molecule has 0 radical (unpaired) electrons. The van der Waals surface area contributed by atoms with E-state index in [9.17, 15) is 9.59 Å². The molecule has 1 N–H and O–H groups in total. The van der Waals surface area contributed by atoms with Gasteiger partial charge in [0.1, 0.15) is 17.6 Å². The Labute approximate surface area is 196 Å². The van der Waals surface area contributed by atoms with Gasteiger partial charge in [-0.15, -0.1) is 0 Å². The van der Waals surface area contributed by atoms with Crippen molar-refractivity contribution in [3.8, 4) is 5.75 Å². The summed E-state index contributed by atoms with van der Waals surface area (Å²) < 4.78 is 6.06. The molecule has 1 heterocycles. The van der Waals surface area contributed by atoms with E-state index in [4.69, 9.17) is 4.74 Å². The number of nitrogens with zero attached hydrogens (tertiary/aromatic N) is 1. The number of Topliss-reactive ketones (excluding diaryl/α,β-unsaturated/α-hetero) is 1. The minimum atomic E-state index is -0.368. The van der Waals surface area contributed by atoms with Crippen molar-refractivity contribution in [2.24, 2.45) is 10.9 Å². The first-order valence-electron chi connectivity index (χ1n) is 11.6. The maximum atomic E-state index is 13.0. The Kier molecular flexibility index (Phi) is 6.50. The van der Waals surface area contributed by atoms with Gasteiger partial charge < -0.3 is 10.1 Å². The molecule has 2 aliphatic rings. The molecule has 0 bridgehead atoms. The highest BCUT2D eigenvalue weighted by atomic mass is 16.5. The molecular formula is C28H32N2O3. The Morgan fingerprint density at radius 3 is 2.64 bits per heavy atom. The summed E-state index contributed by atoms with van der Waals surface area (Å²) in [7, 11) is 0. The highest BCUT2D eigenvalue weighted by Gasteiger charge is 2.26. The molecule has 0 fully saturated rings. The quantitative estimate of drug-likeness (QED) is 0.669. The number of hydrogen-bond donors (Lipinski definition) is 1. The van der Waals surface area contributed by atoms with Crippen LogP contribution in [-0.2, 0) is 27.8 Å². The van der Waals surface area contributed by atoms with E-state index in [1.807, 2.05) is 24.3 Å². The van der Waals surface area contributed by atoms with Crippen molar-refractivity contribution in [1.29, 1.82) is 0 Å². The van der Waals surface area contributed by atoms with Gasteiger partial charge in [-0.1, -0.05) is 39.0 Å².